The first-order valence-electron chi connectivity index (χ1n) is 6.53. The molecule has 5 heteroatoms. The first-order chi connectivity index (χ1) is 9.36. The number of H-pyrrole nitrogens is 1. The Balaban J connectivity index is 2.19. The van der Waals surface area contributed by atoms with Gasteiger partial charge in [0.05, 0.1) is 6.20 Å². The summed E-state index contributed by atoms with van der Waals surface area (Å²) >= 11 is 2.41. The van der Waals surface area contributed by atoms with Crippen LogP contribution in [0, 0.1) is 3.57 Å². The molecule has 3 heterocycles. The van der Waals surface area contributed by atoms with Crippen molar-refractivity contribution >= 4 is 33.6 Å². The van der Waals surface area contributed by atoms with Crippen LogP contribution in [0.1, 0.15) is 26.5 Å². The Hall–Kier alpha value is -1.37. The maximum atomic E-state index is 4.56. The average Bonchev–Trinajstić information content (AvgIpc) is 2.93. The molecule has 3 aromatic rings. The van der Waals surface area contributed by atoms with Crippen LogP contribution in [0.2, 0.25) is 0 Å². The molecule has 0 spiro atoms. The quantitative estimate of drug-likeness (QED) is 0.652. The summed E-state index contributed by atoms with van der Waals surface area (Å²) in [6.45, 7) is 6.63. The minimum absolute atomic E-state index is 0.0890. The predicted molar refractivity (Wildman–Crippen MR) is 89.7 cm³/mol. The molecule has 0 aliphatic heterocycles. The van der Waals surface area contributed by atoms with Gasteiger partial charge < -0.3 is 4.98 Å². The van der Waals surface area contributed by atoms with Gasteiger partial charge in [-0.3, -0.25) is 4.68 Å². The number of hydrogen-bond acceptors (Lipinski definition) is 2. The van der Waals surface area contributed by atoms with Crippen molar-refractivity contribution in [2.75, 3.05) is 0 Å². The molecular weight excluding hydrogens is 363 g/mol. The summed E-state index contributed by atoms with van der Waals surface area (Å²) in [4.78, 5) is 8.01. The van der Waals surface area contributed by atoms with Gasteiger partial charge in [0.25, 0.3) is 0 Å². The Kier molecular flexibility index (Phi) is 3.12. The molecule has 0 amide bonds. The highest BCUT2D eigenvalue weighted by atomic mass is 127. The number of nitrogens with zero attached hydrogens (tertiary/aromatic N) is 3. The monoisotopic (exact) mass is 380 g/mol. The van der Waals surface area contributed by atoms with E-state index < -0.39 is 0 Å². The van der Waals surface area contributed by atoms with Crippen LogP contribution in [0.4, 0.5) is 0 Å². The lowest BCUT2D eigenvalue weighted by Crippen LogP contribution is -2.13. The zero-order valence-corrected chi connectivity index (χ0v) is 14.2. The Bertz CT molecular complexity index is 777. The molecule has 0 bridgehead atoms. The van der Waals surface area contributed by atoms with Gasteiger partial charge in [0.2, 0.25) is 0 Å². The van der Waals surface area contributed by atoms with E-state index in [2.05, 4.69) is 64.5 Å². The number of pyridine rings is 1. The number of fused-ring (bicyclic) bond motifs is 1. The van der Waals surface area contributed by atoms with Crippen molar-refractivity contribution in [3.63, 3.8) is 0 Å². The second-order valence-corrected chi connectivity index (χ2v) is 7.17. The molecule has 0 fully saturated rings. The number of hydrogen-bond donors (Lipinski definition) is 1. The van der Waals surface area contributed by atoms with Crippen LogP contribution in [0.15, 0.2) is 24.7 Å². The van der Waals surface area contributed by atoms with Crippen LogP contribution in [0.25, 0.3) is 22.2 Å². The molecule has 0 aromatic carbocycles. The Morgan fingerprint density at radius 3 is 2.55 bits per heavy atom. The molecule has 0 aliphatic rings. The fraction of sp³-hybridized carbons (Fsp3) is 0.333. The smallest absolute Gasteiger partial charge is 0.138 e. The Morgan fingerprint density at radius 2 is 1.95 bits per heavy atom. The van der Waals surface area contributed by atoms with Gasteiger partial charge in [0, 0.05) is 50.6 Å². The molecule has 0 saturated heterocycles. The summed E-state index contributed by atoms with van der Waals surface area (Å²) in [5.41, 5.74) is 4.47. The van der Waals surface area contributed by atoms with Crippen molar-refractivity contribution in [2.45, 2.75) is 26.2 Å². The van der Waals surface area contributed by atoms with Crippen LogP contribution >= 0.6 is 22.6 Å². The van der Waals surface area contributed by atoms with E-state index in [1.807, 2.05) is 30.3 Å². The number of halogens is 1. The summed E-state index contributed by atoms with van der Waals surface area (Å²) in [7, 11) is 1.92. The van der Waals surface area contributed by atoms with E-state index >= 15 is 0 Å². The van der Waals surface area contributed by atoms with E-state index in [0.29, 0.717) is 0 Å². The van der Waals surface area contributed by atoms with E-state index in [1.54, 1.807) is 0 Å². The summed E-state index contributed by atoms with van der Waals surface area (Å²) in [6.07, 6.45) is 5.78. The largest absolute Gasteiger partial charge is 0.342 e. The van der Waals surface area contributed by atoms with Crippen LogP contribution < -0.4 is 0 Å². The molecule has 0 atom stereocenters. The van der Waals surface area contributed by atoms with Crippen molar-refractivity contribution in [3.05, 3.63) is 33.9 Å². The van der Waals surface area contributed by atoms with Gasteiger partial charge in [-0.2, -0.15) is 5.10 Å². The first-order valence-corrected chi connectivity index (χ1v) is 7.61. The van der Waals surface area contributed by atoms with E-state index in [0.717, 1.165) is 16.8 Å². The van der Waals surface area contributed by atoms with Crippen LogP contribution in [-0.2, 0) is 12.5 Å². The Morgan fingerprint density at radius 1 is 1.20 bits per heavy atom. The second-order valence-electron chi connectivity index (χ2n) is 6.09. The molecule has 0 unspecified atom stereocenters. The highest BCUT2D eigenvalue weighted by Crippen LogP contribution is 2.33. The number of aromatic nitrogens is 4. The van der Waals surface area contributed by atoms with Crippen molar-refractivity contribution in [1.82, 2.24) is 19.7 Å². The van der Waals surface area contributed by atoms with E-state index in [-0.39, 0.29) is 5.41 Å². The fourth-order valence-electron chi connectivity index (χ4n) is 2.28. The summed E-state index contributed by atoms with van der Waals surface area (Å²) in [5.74, 6) is 0. The minimum atomic E-state index is 0.0890. The van der Waals surface area contributed by atoms with Gasteiger partial charge in [-0.15, -0.1) is 0 Å². The topological polar surface area (TPSA) is 46.5 Å². The first kappa shape index (κ1) is 13.6. The van der Waals surface area contributed by atoms with Gasteiger partial charge in [0.15, 0.2) is 0 Å². The summed E-state index contributed by atoms with van der Waals surface area (Å²) < 4.78 is 3.06. The lowest BCUT2D eigenvalue weighted by atomic mass is 9.92. The highest BCUT2D eigenvalue weighted by molar-refractivity contribution is 14.1. The minimum Gasteiger partial charge on any atom is -0.342 e. The third kappa shape index (κ3) is 2.24. The number of rotatable bonds is 1. The molecule has 3 aromatic heterocycles. The predicted octanol–water partition coefficient (Wildman–Crippen LogP) is 3.87. The normalized spacial score (nSPS) is 12.2. The molecule has 0 saturated carbocycles. The van der Waals surface area contributed by atoms with Crippen LogP contribution in [0.3, 0.4) is 0 Å². The molecule has 3 rings (SSSR count). The zero-order chi connectivity index (χ0) is 14.5. The molecule has 1 N–H and O–H groups in total. The second kappa shape index (κ2) is 4.58. The third-order valence-corrected chi connectivity index (χ3v) is 4.50. The lowest BCUT2D eigenvalue weighted by molar-refractivity contribution is 0.570. The van der Waals surface area contributed by atoms with Gasteiger partial charge in [-0.05, 0) is 28.7 Å². The van der Waals surface area contributed by atoms with Crippen molar-refractivity contribution in [1.29, 1.82) is 0 Å². The van der Waals surface area contributed by atoms with Crippen molar-refractivity contribution in [2.24, 2.45) is 7.05 Å². The van der Waals surface area contributed by atoms with Crippen molar-refractivity contribution in [3.8, 4) is 11.1 Å². The maximum Gasteiger partial charge on any atom is 0.138 e. The average molecular weight is 380 g/mol. The lowest BCUT2D eigenvalue weighted by Gasteiger charge is -2.17. The molecule has 20 heavy (non-hydrogen) atoms. The van der Waals surface area contributed by atoms with Gasteiger partial charge in [-0.1, -0.05) is 20.8 Å². The Labute approximate surface area is 131 Å². The van der Waals surface area contributed by atoms with E-state index in [1.165, 1.54) is 14.7 Å². The fourth-order valence-corrected chi connectivity index (χ4v) is 3.64. The van der Waals surface area contributed by atoms with E-state index in [9.17, 15) is 0 Å². The van der Waals surface area contributed by atoms with Gasteiger partial charge in [0.1, 0.15) is 5.65 Å². The summed E-state index contributed by atoms with van der Waals surface area (Å²) in [6, 6.07) is 2.19. The number of aromatic amines is 1. The maximum absolute atomic E-state index is 4.56. The number of aryl methyl sites for hydroxylation is 1. The molecule has 0 radical (unpaired) electrons. The van der Waals surface area contributed by atoms with Crippen LogP contribution in [0.5, 0.6) is 0 Å². The van der Waals surface area contributed by atoms with Gasteiger partial charge in [-0.25, -0.2) is 4.98 Å². The molecule has 4 nitrogen and oxygen atoms in total. The van der Waals surface area contributed by atoms with Crippen molar-refractivity contribution < 1.29 is 0 Å². The zero-order valence-electron chi connectivity index (χ0n) is 12.0. The van der Waals surface area contributed by atoms with Gasteiger partial charge >= 0.3 is 0 Å². The highest BCUT2D eigenvalue weighted by Gasteiger charge is 2.22. The standard InChI is InChI=1S/C15H17IN4/c1-15(2,3)13-12(16)11-5-9(6-17-14(11)19-13)10-7-18-20(4)8-10/h5-8H,1-4H3,(H,17,19). The van der Waals surface area contributed by atoms with E-state index in [4.69, 9.17) is 0 Å². The summed E-state index contributed by atoms with van der Waals surface area (Å²) in [5, 5.41) is 5.40. The number of nitrogens with one attached hydrogen (secondary N) is 1. The SMILES string of the molecule is Cn1cc(-c2cnc3[nH]c(C(C)(C)C)c(I)c3c2)cn1. The third-order valence-electron chi connectivity index (χ3n) is 3.38. The molecule has 104 valence electrons. The molecule has 0 aliphatic carbocycles. The van der Waals surface area contributed by atoms with Crippen LogP contribution in [-0.4, -0.2) is 19.7 Å². The molecular formula is C15H17IN4.